The Morgan fingerprint density at radius 3 is 2.18 bits per heavy atom. The zero-order valence-corrected chi connectivity index (χ0v) is 11.0. The molecule has 0 bridgehead atoms. The molecule has 1 fully saturated rings. The third-order valence-corrected chi connectivity index (χ3v) is 4.38. The van der Waals surface area contributed by atoms with Gasteiger partial charge in [0.25, 0.3) is 0 Å². The number of carbonyl (C=O) groups excluding carboxylic acids is 1. The standard InChI is InChI=1S/C13H23NO3/c1-4-9-5-7-10(8-6-9)13(2,12(16)17)11(15)14-3/h9-10H,4-8H2,1-3H3,(H,14,15)(H,16,17). The molecule has 17 heavy (non-hydrogen) atoms. The van der Waals surface area contributed by atoms with Crippen LogP contribution in [0.5, 0.6) is 0 Å². The highest BCUT2D eigenvalue weighted by Gasteiger charge is 2.48. The van der Waals surface area contributed by atoms with Crippen molar-refractivity contribution in [3.05, 3.63) is 0 Å². The molecule has 0 radical (unpaired) electrons. The molecular weight excluding hydrogens is 218 g/mol. The van der Waals surface area contributed by atoms with Crippen molar-refractivity contribution in [2.45, 2.75) is 46.0 Å². The Morgan fingerprint density at radius 2 is 1.82 bits per heavy atom. The summed E-state index contributed by atoms with van der Waals surface area (Å²) in [5, 5.41) is 11.8. The Hall–Kier alpha value is -1.06. The molecule has 1 amide bonds. The van der Waals surface area contributed by atoms with E-state index < -0.39 is 11.4 Å². The van der Waals surface area contributed by atoms with Gasteiger partial charge in [-0.1, -0.05) is 26.2 Å². The molecule has 4 nitrogen and oxygen atoms in total. The molecule has 0 aromatic heterocycles. The van der Waals surface area contributed by atoms with E-state index in [0.29, 0.717) is 5.92 Å². The van der Waals surface area contributed by atoms with Gasteiger partial charge in [-0.05, 0) is 31.6 Å². The quantitative estimate of drug-likeness (QED) is 0.740. The highest BCUT2D eigenvalue weighted by Crippen LogP contribution is 2.41. The number of nitrogens with one attached hydrogen (secondary N) is 1. The van der Waals surface area contributed by atoms with Crippen molar-refractivity contribution in [1.82, 2.24) is 5.32 Å². The SMILES string of the molecule is CCC1CCC(C(C)(C(=O)O)C(=O)NC)CC1. The van der Waals surface area contributed by atoms with Crippen LogP contribution < -0.4 is 5.32 Å². The zero-order chi connectivity index (χ0) is 13.1. The number of rotatable bonds is 4. The van der Waals surface area contributed by atoms with E-state index in [2.05, 4.69) is 12.2 Å². The lowest BCUT2D eigenvalue weighted by Gasteiger charge is -2.37. The number of carbonyl (C=O) groups is 2. The Balaban J connectivity index is 2.80. The molecule has 0 aliphatic heterocycles. The van der Waals surface area contributed by atoms with Crippen LogP contribution in [0.1, 0.15) is 46.0 Å². The van der Waals surface area contributed by atoms with Crippen molar-refractivity contribution < 1.29 is 14.7 Å². The second-order valence-corrected chi connectivity index (χ2v) is 5.21. The summed E-state index contributed by atoms with van der Waals surface area (Å²) >= 11 is 0. The molecule has 1 aliphatic carbocycles. The second-order valence-electron chi connectivity index (χ2n) is 5.21. The van der Waals surface area contributed by atoms with E-state index in [0.717, 1.165) is 32.1 Å². The van der Waals surface area contributed by atoms with Crippen molar-refractivity contribution in [3.63, 3.8) is 0 Å². The fourth-order valence-electron chi connectivity index (χ4n) is 2.86. The number of amides is 1. The van der Waals surface area contributed by atoms with Gasteiger partial charge in [0.05, 0.1) is 0 Å². The molecule has 0 aromatic carbocycles. The third-order valence-electron chi connectivity index (χ3n) is 4.38. The number of hydrogen-bond acceptors (Lipinski definition) is 2. The minimum absolute atomic E-state index is 0.0391. The summed E-state index contributed by atoms with van der Waals surface area (Å²) in [6.07, 6.45) is 4.92. The Morgan fingerprint density at radius 1 is 1.29 bits per heavy atom. The molecule has 2 N–H and O–H groups in total. The van der Waals surface area contributed by atoms with Crippen molar-refractivity contribution in [3.8, 4) is 0 Å². The molecule has 1 atom stereocenters. The Bertz CT molecular complexity index is 295. The fraction of sp³-hybridized carbons (Fsp3) is 0.846. The van der Waals surface area contributed by atoms with Gasteiger partial charge in [0.1, 0.15) is 5.41 Å². The van der Waals surface area contributed by atoms with E-state index in [1.54, 1.807) is 6.92 Å². The largest absolute Gasteiger partial charge is 0.480 e. The fourth-order valence-corrected chi connectivity index (χ4v) is 2.86. The summed E-state index contributed by atoms with van der Waals surface area (Å²) in [5.74, 6) is -0.710. The van der Waals surface area contributed by atoms with Gasteiger partial charge in [0.2, 0.25) is 5.91 Å². The van der Waals surface area contributed by atoms with E-state index >= 15 is 0 Å². The van der Waals surface area contributed by atoms with Crippen LogP contribution in [0.3, 0.4) is 0 Å². The lowest BCUT2D eigenvalue weighted by Crippen LogP contribution is -2.49. The monoisotopic (exact) mass is 241 g/mol. The molecule has 0 spiro atoms. The molecule has 0 heterocycles. The van der Waals surface area contributed by atoms with Gasteiger partial charge < -0.3 is 10.4 Å². The first-order chi connectivity index (χ1) is 7.96. The minimum Gasteiger partial charge on any atom is -0.480 e. The zero-order valence-electron chi connectivity index (χ0n) is 11.0. The van der Waals surface area contributed by atoms with Crippen LogP contribution >= 0.6 is 0 Å². The van der Waals surface area contributed by atoms with Gasteiger partial charge in [-0.2, -0.15) is 0 Å². The summed E-state index contributed by atoms with van der Waals surface area (Å²) in [4.78, 5) is 23.2. The Kier molecular flexibility index (Phi) is 4.54. The maximum atomic E-state index is 11.8. The normalized spacial score (nSPS) is 28.2. The second kappa shape index (κ2) is 5.52. The minimum atomic E-state index is -1.27. The average Bonchev–Trinajstić information content (AvgIpc) is 2.36. The van der Waals surface area contributed by atoms with E-state index in [-0.39, 0.29) is 11.8 Å². The first kappa shape index (κ1) is 14.0. The third kappa shape index (κ3) is 2.61. The average molecular weight is 241 g/mol. The van der Waals surface area contributed by atoms with E-state index in [9.17, 15) is 14.7 Å². The maximum absolute atomic E-state index is 11.8. The first-order valence-corrected chi connectivity index (χ1v) is 6.42. The molecule has 1 unspecified atom stereocenters. The van der Waals surface area contributed by atoms with Crippen molar-refractivity contribution in [1.29, 1.82) is 0 Å². The van der Waals surface area contributed by atoms with Gasteiger partial charge >= 0.3 is 5.97 Å². The van der Waals surface area contributed by atoms with Gasteiger partial charge in [0, 0.05) is 7.05 Å². The number of carboxylic acids is 1. The van der Waals surface area contributed by atoms with E-state index in [1.807, 2.05) is 0 Å². The van der Waals surface area contributed by atoms with Crippen LogP contribution in [0.15, 0.2) is 0 Å². The highest BCUT2D eigenvalue weighted by atomic mass is 16.4. The molecule has 1 saturated carbocycles. The van der Waals surface area contributed by atoms with Crippen LogP contribution in [0.25, 0.3) is 0 Å². The van der Waals surface area contributed by atoms with Crippen LogP contribution in [-0.4, -0.2) is 24.0 Å². The summed E-state index contributed by atoms with van der Waals surface area (Å²) in [5.41, 5.74) is -1.27. The predicted molar refractivity (Wildman–Crippen MR) is 65.5 cm³/mol. The lowest BCUT2D eigenvalue weighted by atomic mass is 9.67. The summed E-state index contributed by atoms with van der Waals surface area (Å²) < 4.78 is 0. The lowest BCUT2D eigenvalue weighted by molar-refractivity contribution is -0.159. The topological polar surface area (TPSA) is 66.4 Å². The number of aliphatic carboxylic acids is 1. The molecule has 1 rings (SSSR count). The van der Waals surface area contributed by atoms with Gasteiger partial charge in [0.15, 0.2) is 0 Å². The summed E-state index contributed by atoms with van der Waals surface area (Å²) in [6, 6.07) is 0. The molecule has 98 valence electrons. The smallest absolute Gasteiger partial charge is 0.319 e. The van der Waals surface area contributed by atoms with Gasteiger partial charge in [-0.3, -0.25) is 9.59 Å². The number of hydrogen-bond donors (Lipinski definition) is 2. The molecular formula is C13H23NO3. The Labute approximate surface area is 103 Å². The molecule has 0 saturated heterocycles. The van der Waals surface area contributed by atoms with Crippen molar-refractivity contribution in [2.75, 3.05) is 7.05 Å². The molecule has 1 aliphatic rings. The molecule has 4 heteroatoms. The number of carboxylic acid groups (broad SMARTS) is 1. The van der Waals surface area contributed by atoms with Crippen molar-refractivity contribution >= 4 is 11.9 Å². The van der Waals surface area contributed by atoms with Gasteiger partial charge in [-0.25, -0.2) is 0 Å². The van der Waals surface area contributed by atoms with Crippen LogP contribution in [0.4, 0.5) is 0 Å². The maximum Gasteiger partial charge on any atom is 0.319 e. The molecule has 0 aromatic rings. The van der Waals surface area contributed by atoms with Crippen molar-refractivity contribution in [2.24, 2.45) is 17.3 Å². The predicted octanol–water partition coefficient (Wildman–Crippen LogP) is 2.04. The van der Waals surface area contributed by atoms with E-state index in [4.69, 9.17) is 0 Å². The van der Waals surface area contributed by atoms with E-state index in [1.165, 1.54) is 7.05 Å². The summed E-state index contributed by atoms with van der Waals surface area (Å²) in [6.45, 7) is 3.73. The highest BCUT2D eigenvalue weighted by molar-refractivity contribution is 6.01. The summed E-state index contributed by atoms with van der Waals surface area (Å²) in [7, 11) is 1.50. The first-order valence-electron chi connectivity index (χ1n) is 6.42. The van der Waals surface area contributed by atoms with Crippen LogP contribution in [-0.2, 0) is 9.59 Å². The van der Waals surface area contributed by atoms with Gasteiger partial charge in [-0.15, -0.1) is 0 Å². The van der Waals surface area contributed by atoms with Crippen LogP contribution in [0.2, 0.25) is 0 Å². The van der Waals surface area contributed by atoms with Crippen LogP contribution in [0, 0.1) is 17.3 Å².